The second-order valence-corrected chi connectivity index (χ2v) is 5.75. The number of amides is 1. The van der Waals surface area contributed by atoms with Crippen molar-refractivity contribution in [1.29, 1.82) is 0 Å². The zero-order chi connectivity index (χ0) is 18.2. The Morgan fingerprint density at radius 3 is 2.65 bits per heavy atom. The summed E-state index contributed by atoms with van der Waals surface area (Å²) < 4.78 is 24.4. The minimum Gasteiger partial charge on any atom is -0.484 e. The van der Waals surface area contributed by atoms with Crippen LogP contribution in [-0.2, 0) is 9.53 Å². The van der Waals surface area contributed by atoms with E-state index in [1.807, 2.05) is 0 Å². The number of halogens is 2. The zero-order valence-corrected chi connectivity index (χ0v) is 15.1. The van der Waals surface area contributed by atoms with Crippen molar-refractivity contribution in [3.05, 3.63) is 34.1 Å². The molecule has 1 aromatic rings. The van der Waals surface area contributed by atoms with Crippen molar-refractivity contribution in [1.82, 2.24) is 4.90 Å². The van der Waals surface area contributed by atoms with Gasteiger partial charge in [0.25, 0.3) is 5.91 Å². The Hall–Kier alpha value is -1.97. The molecule has 0 aliphatic carbocycles. The molecule has 0 unspecified atom stereocenters. The molecular weight excluding hydrogens is 369 g/mol. The molecule has 2 N–H and O–H groups in total. The third kappa shape index (κ3) is 6.40. The zero-order valence-electron chi connectivity index (χ0n) is 14.3. The van der Waals surface area contributed by atoms with E-state index in [0.717, 1.165) is 31.4 Å². The van der Waals surface area contributed by atoms with Crippen molar-refractivity contribution < 1.29 is 23.6 Å². The number of nitro groups is 1. The molecule has 1 fully saturated rings. The summed E-state index contributed by atoms with van der Waals surface area (Å²) in [7, 11) is 0. The van der Waals surface area contributed by atoms with E-state index in [1.165, 1.54) is 6.07 Å². The fourth-order valence-corrected chi connectivity index (χ4v) is 2.57. The summed E-state index contributed by atoms with van der Waals surface area (Å²) in [4.78, 5) is 23.6. The first-order chi connectivity index (χ1) is 12.0. The molecule has 1 amide bonds. The molecule has 1 heterocycles. The molecule has 10 heteroatoms. The van der Waals surface area contributed by atoms with Gasteiger partial charge in [0.2, 0.25) is 5.82 Å². The number of ether oxygens (including phenoxy) is 2. The second kappa shape index (κ2) is 10.9. The lowest BCUT2D eigenvalue weighted by Gasteiger charge is -2.31. The van der Waals surface area contributed by atoms with E-state index in [4.69, 9.17) is 15.2 Å². The van der Waals surface area contributed by atoms with Crippen LogP contribution in [-0.4, -0.2) is 54.7 Å². The minimum atomic E-state index is -0.995. The van der Waals surface area contributed by atoms with Crippen LogP contribution in [0.15, 0.2) is 18.2 Å². The summed E-state index contributed by atoms with van der Waals surface area (Å²) in [5, 5.41) is 10.6. The lowest BCUT2D eigenvalue weighted by molar-refractivity contribution is -0.387. The van der Waals surface area contributed by atoms with Crippen LogP contribution in [0.3, 0.4) is 0 Å². The summed E-state index contributed by atoms with van der Waals surface area (Å²) in [6.07, 6.45) is 2.46. The standard InChI is InChI=1S/C16H22FN3O5.ClH/c17-14-10-13(2-3-15(14)20(22)23)25-11-16(21)19-7-4-12(5-8-19)24-9-1-6-18;/h2-3,10,12H,1,4-9,11,18H2;1H. The first-order valence-electron chi connectivity index (χ1n) is 8.17. The lowest BCUT2D eigenvalue weighted by Crippen LogP contribution is -2.43. The number of nitro benzene ring substituents is 1. The van der Waals surface area contributed by atoms with Crippen LogP contribution >= 0.6 is 12.4 Å². The van der Waals surface area contributed by atoms with Crippen LogP contribution in [0, 0.1) is 15.9 Å². The Balaban J connectivity index is 0.00000338. The largest absolute Gasteiger partial charge is 0.484 e. The maximum atomic E-state index is 13.5. The number of likely N-dealkylation sites (tertiary alicyclic amines) is 1. The molecule has 1 aromatic carbocycles. The molecule has 1 saturated heterocycles. The van der Waals surface area contributed by atoms with Gasteiger partial charge in [0.05, 0.1) is 11.0 Å². The maximum absolute atomic E-state index is 13.5. The van der Waals surface area contributed by atoms with Crippen LogP contribution in [0.25, 0.3) is 0 Å². The van der Waals surface area contributed by atoms with E-state index in [1.54, 1.807) is 4.90 Å². The van der Waals surface area contributed by atoms with E-state index >= 15 is 0 Å². The summed E-state index contributed by atoms with van der Waals surface area (Å²) in [6.45, 7) is 2.13. The van der Waals surface area contributed by atoms with Crippen molar-refractivity contribution >= 4 is 24.0 Å². The SMILES string of the molecule is Cl.NCCCOC1CCN(C(=O)COc2ccc([N+](=O)[O-])c(F)c2)CC1. The average molecular weight is 392 g/mol. The van der Waals surface area contributed by atoms with Crippen molar-refractivity contribution in [2.45, 2.75) is 25.4 Å². The number of hydrogen-bond donors (Lipinski definition) is 1. The highest BCUT2D eigenvalue weighted by Crippen LogP contribution is 2.22. The fraction of sp³-hybridized carbons (Fsp3) is 0.562. The third-order valence-electron chi connectivity index (χ3n) is 3.97. The molecule has 146 valence electrons. The van der Waals surface area contributed by atoms with Gasteiger partial charge >= 0.3 is 5.69 Å². The summed E-state index contributed by atoms with van der Waals surface area (Å²) in [5.41, 5.74) is 4.79. The smallest absolute Gasteiger partial charge is 0.305 e. The van der Waals surface area contributed by atoms with Crippen LogP contribution < -0.4 is 10.5 Å². The van der Waals surface area contributed by atoms with E-state index in [2.05, 4.69) is 0 Å². The van der Waals surface area contributed by atoms with Gasteiger partial charge in [-0.2, -0.15) is 4.39 Å². The Bertz CT molecular complexity index is 612. The minimum absolute atomic E-state index is 0. The Labute approximate surface area is 157 Å². The quantitative estimate of drug-likeness (QED) is 0.412. The van der Waals surface area contributed by atoms with E-state index in [9.17, 15) is 19.3 Å². The summed E-state index contributed by atoms with van der Waals surface area (Å²) >= 11 is 0. The van der Waals surface area contributed by atoms with Gasteiger partial charge in [0, 0.05) is 31.8 Å². The normalized spacial score (nSPS) is 14.6. The predicted molar refractivity (Wildman–Crippen MR) is 95.0 cm³/mol. The monoisotopic (exact) mass is 391 g/mol. The Morgan fingerprint density at radius 1 is 1.38 bits per heavy atom. The fourth-order valence-electron chi connectivity index (χ4n) is 2.57. The van der Waals surface area contributed by atoms with E-state index in [0.29, 0.717) is 26.2 Å². The number of nitrogens with zero attached hydrogens (tertiary/aromatic N) is 2. The Morgan fingerprint density at radius 2 is 2.08 bits per heavy atom. The van der Waals surface area contributed by atoms with Crippen LogP contribution in [0.1, 0.15) is 19.3 Å². The summed E-state index contributed by atoms with van der Waals surface area (Å²) in [6, 6.07) is 3.19. The van der Waals surface area contributed by atoms with Crippen molar-refractivity contribution in [3.63, 3.8) is 0 Å². The average Bonchev–Trinajstić information content (AvgIpc) is 2.60. The van der Waals surface area contributed by atoms with Crippen LogP contribution in [0.4, 0.5) is 10.1 Å². The van der Waals surface area contributed by atoms with Crippen LogP contribution in [0.5, 0.6) is 5.75 Å². The topological polar surface area (TPSA) is 108 Å². The predicted octanol–water partition coefficient (Wildman–Crippen LogP) is 1.89. The van der Waals surface area contributed by atoms with E-state index < -0.39 is 16.4 Å². The molecule has 26 heavy (non-hydrogen) atoms. The highest BCUT2D eigenvalue weighted by molar-refractivity contribution is 5.85. The molecule has 8 nitrogen and oxygen atoms in total. The molecule has 0 spiro atoms. The van der Waals surface area contributed by atoms with Gasteiger partial charge in [-0.15, -0.1) is 12.4 Å². The Kier molecular flexibility index (Phi) is 9.25. The maximum Gasteiger partial charge on any atom is 0.305 e. The van der Waals surface area contributed by atoms with Gasteiger partial charge < -0.3 is 20.1 Å². The van der Waals surface area contributed by atoms with Gasteiger partial charge in [0.15, 0.2) is 6.61 Å². The molecule has 1 aliphatic heterocycles. The lowest BCUT2D eigenvalue weighted by atomic mass is 10.1. The van der Waals surface area contributed by atoms with Gasteiger partial charge in [-0.05, 0) is 31.9 Å². The molecule has 1 aliphatic rings. The molecule has 0 aromatic heterocycles. The molecule has 2 rings (SSSR count). The number of carbonyl (C=O) groups is 1. The van der Waals surface area contributed by atoms with Crippen molar-refractivity contribution in [3.8, 4) is 5.75 Å². The molecule has 0 saturated carbocycles. The van der Waals surface area contributed by atoms with Gasteiger partial charge in [-0.1, -0.05) is 0 Å². The molecule has 0 radical (unpaired) electrons. The number of hydrogen-bond acceptors (Lipinski definition) is 6. The number of benzene rings is 1. The van der Waals surface area contributed by atoms with Gasteiger partial charge in [-0.25, -0.2) is 0 Å². The second-order valence-electron chi connectivity index (χ2n) is 5.75. The number of nitrogens with two attached hydrogens (primary N) is 1. The number of carbonyl (C=O) groups excluding carboxylic acids is 1. The highest BCUT2D eigenvalue weighted by atomic mass is 35.5. The molecular formula is C16H23ClFN3O5. The van der Waals surface area contributed by atoms with Crippen LogP contribution in [0.2, 0.25) is 0 Å². The van der Waals surface area contributed by atoms with Gasteiger partial charge in [0.1, 0.15) is 5.75 Å². The van der Waals surface area contributed by atoms with Gasteiger partial charge in [-0.3, -0.25) is 14.9 Å². The highest BCUT2D eigenvalue weighted by Gasteiger charge is 2.23. The van der Waals surface area contributed by atoms with Crippen molar-refractivity contribution in [2.75, 3.05) is 32.8 Å². The number of piperidine rings is 1. The molecule has 0 bridgehead atoms. The first kappa shape index (κ1) is 22.1. The van der Waals surface area contributed by atoms with E-state index in [-0.39, 0.29) is 36.8 Å². The molecule has 0 atom stereocenters. The summed E-state index contributed by atoms with van der Waals surface area (Å²) in [5.74, 6) is -1.12. The van der Waals surface area contributed by atoms with Crippen molar-refractivity contribution in [2.24, 2.45) is 5.73 Å². The number of rotatable bonds is 8. The first-order valence-corrected chi connectivity index (χ1v) is 8.17. The third-order valence-corrected chi connectivity index (χ3v) is 3.97.